The number of amides is 1. The Morgan fingerprint density at radius 1 is 1.00 bits per heavy atom. The number of aromatic nitrogens is 2. The Balaban J connectivity index is 1.35. The van der Waals surface area contributed by atoms with Gasteiger partial charge in [-0.05, 0) is 49.9 Å². The van der Waals surface area contributed by atoms with E-state index in [0.717, 1.165) is 43.5 Å². The number of benzene rings is 2. The molecule has 1 N–H and O–H groups in total. The average molecular weight is 407 g/mol. The molecule has 0 bridgehead atoms. The van der Waals surface area contributed by atoms with Gasteiger partial charge >= 0.3 is 5.69 Å². The minimum atomic E-state index is -0.123. The first-order chi connectivity index (χ1) is 14.6. The number of nitrogens with zero attached hydrogens (tertiary/aromatic N) is 3. The van der Waals surface area contributed by atoms with E-state index in [-0.39, 0.29) is 24.2 Å². The monoisotopic (exact) mass is 406 g/mol. The van der Waals surface area contributed by atoms with Crippen molar-refractivity contribution in [1.82, 2.24) is 19.4 Å². The number of hydrogen-bond acceptors (Lipinski definition) is 3. The predicted molar refractivity (Wildman–Crippen MR) is 119 cm³/mol. The van der Waals surface area contributed by atoms with Crippen molar-refractivity contribution in [2.45, 2.75) is 52.4 Å². The standard InChI is InChI=1S/C24H30N4O2/c1-3-27-21-10-6-7-11-22(21)28(24(27)30)17-23(29)25-20-12-14-26(15-13-20)16-19-9-5-4-8-18(19)2/h4-11,20H,3,12-17H2,1-2H3,(H,25,29). The predicted octanol–water partition coefficient (Wildman–Crippen LogP) is 2.91. The van der Waals surface area contributed by atoms with Crippen LogP contribution in [0.1, 0.15) is 30.9 Å². The lowest BCUT2D eigenvalue weighted by atomic mass is 10.0. The summed E-state index contributed by atoms with van der Waals surface area (Å²) in [7, 11) is 0. The van der Waals surface area contributed by atoms with Gasteiger partial charge in [-0.2, -0.15) is 0 Å². The largest absolute Gasteiger partial charge is 0.352 e. The van der Waals surface area contributed by atoms with E-state index < -0.39 is 0 Å². The van der Waals surface area contributed by atoms with Gasteiger partial charge in [0.25, 0.3) is 0 Å². The minimum Gasteiger partial charge on any atom is -0.352 e. The highest BCUT2D eigenvalue weighted by Crippen LogP contribution is 2.17. The average Bonchev–Trinajstić information content (AvgIpc) is 3.02. The van der Waals surface area contributed by atoms with Crippen molar-refractivity contribution < 1.29 is 4.79 Å². The van der Waals surface area contributed by atoms with Crippen LogP contribution in [0.3, 0.4) is 0 Å². The van der Waals surface area contributed by atoms with E-state index in [0.29, 0.717) is 6.54 Å². The van der Waals surface area contributed by atoms with Crippen molar-refractivity contribution >= 4 is 16.9 Å². The van der Waals surface area contributed by atoms with Crippen LogP contribution < -0.4 is 11.0 Å². The number of imidazole rings is 1. The molecule has 0 unspecified atom stereocenters. The van der Waals surface area contributed by atoms with E-state index in [2.05, 4.69) is 41.4 Å². The van der Waals surface area contributed by atoms with Crippen molar-refractivity contribution in [2.24, 2.45) is 0 Å². The fourth-order valence-electron chi connectivity index (χ4n) is 4.41. The van der Waals surface area contributed by atoms with Gasteiger partial charge in [0.15, 0.2) is 0 Å². The molecule has 1 saturated heterocycles. The van der Waals surface area contributed by atoms with Crippen molar-refractivity contribution in [3.8, 4) is 0 Å². The summed E-state index contributed by atoms with van der Waals surface area (Å²) >= 11 is 0. The summed E-state index contributed by atoms with van der Waals surface area (Å²) < 4.78 is 3.30. The fraction of sp³-hybridized carbons (Fsp3) is 0.417. The molecule has 3 aromatic rings. The molecule has 0 aliphatic carbocycles. The number of carbonyl (C=O) groups is 1. The van der Waals surface area contributed by atoms with Crippen molar-refractivity contribution in [1.29, 1.82) is 0 Å². The maximum atomic E-state index is 12.7. The zero-order chi connectivity index (χ0) is 21.1. The Labute approximate surface area is 177 Å². The zero-order valence-corrected chi connectivity index (χ0v) is 17.8. The summed E-state index contributed by atoms with van der Waals surface area (Å²) in [4.78, 5) is 27.9. The molecule has 1 fully saturated rings. The third-order valence-corrected chi connectivity index (χ3v) is 6.15. The molecule has 0 spiro atoms. The van der Waals surface area contributed by atoms with Crippen LogP contribution in [0.5, 0.6) is 0 Å². The fourth-order valence-corrected chi connectivity index (χ4v) is 4.41. The topological polar surface area (TPSA) is 59.3 Å². The number of fused-ring (bicyclic) bond motifs is 1. The SMILES string of the molecule is CCn1c(=O)n(CC(=O)NC2CCN(Cc3ccccc3C)CC2)c2ccccc21. The number of likely N-dealkylation sites (tertiary alicyclic amines) is 1. The first-order valence-electron chi connectivity index (χ1n) is 10.8. The van der Waals surface area contributed by atoms with Gasteiger partial charge < -0.3 is 5.32 Å². The molecule has 30 heavy (non-hydrogen) atoms. The Bertz CT molecular complexity index is 1090. The van der Waals surface area contributed by atoms with Crippen LogP contribution in [0.4, 0.5) is 0 Å². The molecule has 0 atom stereocenters. The summed E-state index contributed by atoms with van der Waals surface area (Å²) in [5.41, 5.74) is 4.26. The highest BCUT2D eigenvalue weighted by atomic mass is 16.2. The quantitative estimate of drug-likeness (QED) is 0.685. The lowest BCUT2D eigenvalue weighted by Gasteiger charge is -2.32. The molecule has 1 aliphatic rings. The molecule has 6 heteroatoms. The minimum absolute atomic E-state index is 0.0652. The van der Waals surface area contributed by atoms with Gasteiger partial charge in [-0.25, -0.2) is 4.79 Å². The summed E-state index contributed by atoms with van der Waals surface area (Å²) in [6.45, 7) is 7.65. The molecule has 158 valence electrons. The molecular formula is C24H30N4O2. The molecule has 1 aromatic heterocycles. The molecule has 2 heterocycles. The van der Waals surface area contributed by atoms with Crippen molar-refractivity contribution in [3.63, 3.8) is 0 Å². The first kappa shape index (κ1) is 20.4. The van der Waals surface area contributed by atoms with E-state index in [1.54, 1.807) is 9.13 Å². The van der Waals surface area contributed by atoms with Crippen LogP contribution in [0.15, 0.2) is 53.3 Å². The molecule has 1 aliphatic heterocycles. The van der Waals surface area contributed by atoms with E-state index in [4.69, 9.17) is 0 Å². The molecule has 2 aromatic carbocycles. The van der Waals surface area contributed by atoms with Gasteiger partial charge in [0.2, 0.25) is 5.91 Å². The Hall–Kier alpha value is -2.86. The van der Waals surface area contributed by atoms with Gasteiger partial charge in [-0.15, -0.1) is 0 Å². The number of piperidine rings is 1. The lowest BCUT2D eigenvalue weighted by molar-refractivity contribution is -0.122. The third kappa shape index (κ3) is 4.19. The van der Waals surface area contributed by atoms with E-state index >= 15 is 0 Å². The number of carbonyl (C=O) groups excluding carboxylic acids is 1. The van der Waals surface area contributed by atoms with Crippen LogP contribution in [0, 0.1) is 6.92 Å². The second kappa shape index (κ2) is 8.88. The number of hydrogen-bond donors (Lipinski definition) is 1. The van der Waals surface area contributed by atoms with E-state index in [9.17, 15) is 9.59 Å². The van der Waals surface area contributed by atoms with Crippen LogP contribution in [0.25, 0.3) is 11.0 Å². The smallest absolute Gasteiger partial charge is 0.329 e. The Kier molecular flexibility index (Phi) is 6.04. The van der Waals surface area contributed by atoms with Crippen LogP contribution in [0.2, 0.25) is 0 Å². The maximum Gasteiger partial charge on any atom is 0.329 e. The maximum absolute atomic E-state index is 12.7. The highest BCUT2D eigenvalue weighted by Gasteiger charge is 2.22. The van der Waals surface area contributed by atoms with Gasteiger partial charge in [0.05, 0.1) is 11.0 Å². The van der Waals surface area contributed by atoms with Crippen molar-refractivity contribution in [3.05, 3.63) is 70.1 Å². The molecular weight excluding hydrogens is 376 g/mol. The highest BCUT2D eigenvalue weighted by molar-refractivity contribution is 5.81. The number of rotatable bonds is 6. The summed E-state index contributed by atoms with van der Waals surface area (Å²) in [6, 6.07) is 16.3. The molecule has 0 saturated carbocycles. The number of para-hydroxylation sites is 2. The van der Waals surface area contributed by atoms with Crippen LogP contribution in [-0.2, 0) is 24.4 Å². The zero-order valence-electron chi connectivity index (χ0n) is 17.8. The Morgan fingerprint density at radius 3 is 2.30 bits per heavy atom. The molecule has 6 nitrogen and oxygen atoms in total. The summed E-state index contributed by atoms with van der Waals surface area (Å²) in [6.07, 6.45) is 1.87. The first-order valence-corrected chi connectivity index (χ1v) is 10.8. The normalized spacial score (nSPS) is 15.5. The summed E-state index contributed by atoms with van der Waals surface area (Å²) in [5.74, 6) is -0.0894. The third-order valence-electron chi connectivity index (χ3n) is 6.15. The van der Waals surface area contributed by atoms with Gasteiger partial charge in [-0.1, -0.05) is 36.4 Å². The van der Waals surface area contributed by atoms with Gasteiger partial charge in [0.1, 0.15) is 6.54 Å². The Morgan fingerprint density at radius 2 is 1.63 bits per heavy atom. The van der Waals surface area contributed by atoms with Crippen LogP contribution in [-0.4, -0.2) is 39.1 Å². The molecule has 4 rings (SSSR count). The van der Waals surface area contributed by atoms with Gasteiger partial charge in [0, 0.05) is 32.2 Å². The molecule has 0 radical (unpaired) electrons. The van der Waals surface area contributed by atoms with Crippen LogP contribution >= 0.6 is 0 Å². The second-order valence-electron chi connectivity index (χ2n) is 8.15. The van der Waals surface area contributed by atoms with E-state index in [1.165, 1.54) is 11.1 Å². The number of aryl methyl sites for hydroxylation is 2. The lowest BCUT2D eigenvalue weighted by Crippen LogP contribution is -2.45. The second-order valence-corrected chi connectivity index (χ2v) is 8.15. The summed E-state index contributed by atoms with van der Waals surface area (Å²) in [5, 5.41) is 3.15. The van der Waals surface area contributed by atoms with Gasteiger partial charge in [-0.3, -0.25) is 18.8 Å². The molecule has 1 amide bonds. The van der Waals surface area contributed by atoms with Crippen molar-refractivity contribution in [2.75, 3.05) is 13.1 Å². The van der Waals surface area contributed by atoms with E-state index in [1.807, 2.05) is 31.2 Å². The number of nitrogens with one attached hydrogen (secondary N) is 1.